The van der Waals surface area contributed by atoms with E-state index in [1.54, 1.807) is 24.5 Å². The summed E-state index contributed by atoms with van der Waals surface area (Å²) in [6, 6.07) is 15.0. The molecule has 1 heterocycles. The van der Waals surface area contributed by atoms with Crippen LogP contribution in [0.2, 0.25) is 0 Å². The number of halogens is 2. The molecule has 0 unspecified atom stereocenters. The quantitative estimate of drug-likeness (QED) is 0.353. The van der Waals surface area contributed by atoms with Gasteiger partial charge in [-0.05, 0) is 48.0 Å². The molecule has 0 atom stereocenters. The summed E-state index contributed by atoms with van der Waals surface area (Å²) in [7, 11) is 1.92. The van der Waals surface area contributed by atoms with E-state index < -0.39 is 11.8 Å². The number of anilines is 2. The van der Waals surface area contributed by atoms with Gasteiger partial charge < -0.3 is 15.5 Å². The van der Waals surface area contributed by atoms with Crippen molar-refractivity contribution in [3.8, 4) is 0 Å². The topological polar surface area (TPSA) is 69.6 Å². The summed E-state index contributed by atoms with van der Waals surface area (Å²) in [5, 5.41) is 5.25. The highest BCUT2D eigenvalue weighted by Gasteiger charge is 2.11. The van der Waals surface area contributed by atoms with E-state index >= 15 is 0 Å². The van der Waals surface area contributed by atoms with Crippen molar-refractivity contribution < 1.29 is 9.18 Å². The molecule has 6 nitrogen and oxygen atoms in total. The average Bonchev–Trinajstić information content (AvgIpc) is 2.75. The van der Waals surface area contributed by atoms with Gasteiger partial charge >= 0.3 is 6.03 Å². The molecule has 0 saturated carbocycles. The van der Waals surface area contributed by atoms with Crippen molar-refractivity contribution in [3.63, 3.8) is 0 Å². The molecule has 1 aromatic heterocycles. The summed E-state index contributed by atoms with van der Waals surface area (Å²) in [6.07, 6.45) is 4.91. The van der Waals surface area contributed by atoms with E-state index in [4.69, 9.17) is 0 Å². The largest absolute Gasteiger partial charge is 0.355 e. The number of amidine groups is 1. The molecule has 0 aliphatic rings. The number of urea groups is 1. The van der Waals surface area contributed by atoms with Gasteiger partial charge in [0.15, 0.2) is 0 Å². The monoisotopic (exact) mass is 481 g/mol. The minimum Gasteiger partial charge on any atom is -0.355 e. The van der Waals surface area contributed by atoms with Crippen LogP contribution in [0.4, 0.5) is 20.6 Å². The number of carbonyl (C=O) groups excluding carboxylic acids is 1. The van der Waals surface area contributed by atoms with Gasteiger partial charge in [-0.3, -0.25) is 4.98 Å². The second-order valence-corrected chi connectivity index (χ2v) is 7.55. The fourth-order valence-corrected chi connectivity index (χ4v) is 3.32. The van der Waals surface area contributed by atoms with Crippen molar-refractivity contribution >= 4 is 39.2 Å². The molecule has 0 saturated heterocycles. The van der Waals surface area contributed by atoms with Crippen LogP contribution in [-0.2, 0) is 6.54 Å². The second-order valence-electron chi connectivity index (χ2n) is 6.63. The number of pyridine rings is 1. The van der Waals surface area contributed by atoms with Crippen LogP contribution < -0.4 is 10.6 Å². The molecular formula is C23H21BrFN5O. The first-order valence-electron chi connectivity index (χ1n) is 9.38. The van der Waals surface area contributed by atoms with E-state index in [2.05, 4.69) is 43.1 Å². The van der Waals surface area contributed by atoms with Crippen LogP contribution in [0.25, 0.3) is 0 Å². The molecule has 0 aliphatic heterocycles. The van der Waals surface area contributed by atoms with Gasteiger partial charge in [-0.25, -0.2) is 14.2 Å². The molecule has 8 heteroatoms. The van der Waals surface area contributed by atoms with E-state index in [0.717, 1.165) is 17.0 Å². The van der Waals surface area contributed by atoms with Crippen molar-refractivity contribution in [2.24, 2.45) is 4.99 Å². The summed E-state index contributed by atoms with van der Waals surface area (Å²) in [6.45, 7) is 4.24. The molecule has 0 aliphatic carbocycles. The standard InChI is InChI=1S/C23H21BrFN5O/c1-3-27-22(17-9-11-26-12-10-17)30(2)15-16-5-4-6-19(13-16)28-23(31)29-21-14-18(24)7-8-20(21)25/h3-14H,1,15H2,2H3,(H2,28,29,31). The maximum absolute atomic E-state index is 13.9. The Labute approximate surface area is 188 Å². The zero-order chi connectivity index (χ0) is 22.2. The first-order chi connectivity index (χ1) is 15.0. The lowest BCUT2D eigenvalue weighted by Crippen LogP contribution is -2.27. The molecule has 158 valence electrons. The molecule has 31 heavy (non-hydrogen) atoms. The molecule has 3 rings (SSSR count). The van der Waals surface area contributed by atoms with E-state index in [1.807, 2.05) is 42.3 Å². The minimum absolute atomic E-state index is 0.0883. The first-order valence-corrected chi connectivity index (χ1v) is 10.2. The third-order valence-electron chi connectivity index (χ3n) is 4.29. The number of hydrogen-bond donors (Lipinski definition) is 2. The minimum atomic E-state index is -0.534. The van der Waals surface area contributed by atoms with Crippen LogP contribution in [0.3, 0.4) is 0 Å². The van der Waals surface area contributed by atoms with Gasteiger partial charge in [-0.2, -0.15) is 0 Å². The molecule has 2 amide bonds. The summed E-state index contributed by atoms with van der Waals surface area (Å²) < 4.78 is 14.5. The summed E-state index contributed by atoms with van der Waals surface area (Å²) in [5.41, 5.74) is 2.55. The number of carbonyl (C=O) groups is 1. The number of benzene rings is 2. The Bertz CT molecular complexity index is 1100. The SMILES string of the molecule is C=CN=C(c1ccncc1)N(C)Cc1cccc(NC(=O)Nc2cc(Br)ccc2F)c1. The molecule has 2 aromatic carbocycles. The molecule has 0 radical (unpaired) electrons. The lowest BCUT2D eigenvalue weighted by molar-refractivity contribution is 0.262. The number of rotatable bonds is 6. The Balaban J connectivity index is 1.69. The molecule has 0 spiro atoms. The second kappa shape index (κ2) is 10.5. The Morgan fingerprint density at radius 3 is 2.71 bits per heavy atom. The molecule has 0 fully saturated rings. The van der Waals surface area contributed by atoms with E-state index in [0.29, 0.717) is 16.7 Å². The normalized spacial score (nSPS) is 11.0. The van der Waals surface area contributed by atoms with Gasteiger partial charge in [0.25, 0.3) is 0 Å². The first kappa shape index (κ1) is 22.2. The smallest absolute Gasteiger partial charge is 0.323 e. The van der Waals surface area contributed by atoms with E-state index in [9.17, 15) is 9.18 Å². The maximum Gasteiger partial charge on any atom is 0.323 e. The Morgan fingerprint density at radius 1 is 1.19 bits per heavy atom. The predicted octanol–water partition coefficient (Wildman–Crippen LogP) is 5.65. The molecule has 2 N–H and O–H groups in total. The van der Waals surface area contributed by atoms with Gasteiger partial charge in [-0.15, -0.1) is 0 Å². The van der Waals surface area contributed by atoms with Gasteiger partial charge in [0.05, 0.1) is 5.69 Å². The van der Waals surface area contributed by atoms with Crippen LogP contribution in [-0.4, -0.2) is 28.8 Å². The van der Waals surface area contributed by atoms with Gasteiger partial charge in [0.2, 0.25) is 0 Å². The summed E-state index contributed by atoms with van der Waals surface area (Å²) in [5.74, 6) is 0.234. The van der Waals surface area contributed by atoms with Gasteiger partial charge in [0, 0.05) is 47.9 Å². The van der Waals surface area contributed by atoms with Crippen LogP contribution >= 0.6 is 15.9 Å². The zero-order valence-corrected chi connectivity index (χ0v) is 18.4. The van der Waals surface area contributed by atoms with Crippen molar-refractivity contribution in [3.05, 3.63) is 101 Å². The third-order valence-corrected chi connectivity index (χ3v) is 4.79. The lowest BCUT2D eigenvalue weighted by Gasteiger charge is -2.21. The highest BCUT2D eigenvalue weighted by Crippen LogP contribution is 2.21. The van der Waals surface area contributed by atoms with Crippen molar-refractivity contribution in [1.29, 1.82) is 0 Å². The highest BCUT2D eigenvalue weighted by atomic mass is 79.9. The molecular weight excluding hydrogens is 461 g/mol. The van der Waals surface area contributed by atoms with Gasteiger partial charge in [0.1, 0.15) is 11.7 Å². The molecule has 0 bridgehead atoms. The van der Waals surface area contributed by atoms with E-state index in [1.165, 1.54) is 18.3 Å². The van der Waals surface area contributed by atoms with E-state index in [-0.39, 0.29) is 5.69 Å². The highest BCUT2D eigenvalue weighted by molar-refractivity contribution is 9.10. The van der Waals surface area contributed by atoms with Crippen molar-refractivity contribution in [1.82, 2.24) is 9.88 Å². The van der Waals surface area contributed by atoms with Crippen LogP contribution in [0.1, 0.15) is 11.1 Å². The average molecular weight is 482 g/mol. The van der Waals surface area contributed by atoms with Crippen LogP contribution in [0.15, 0.2) is 89.2 Å². The lowest BCUT2D eigenvalue weighted by atomic mass is 10.1. The van der Waals surface area contributed by atoms with Gasteiger partial charge in [-0.1, -0.05) is 34.6 Å². The Hall–Kier alpha value is -3.52. The van der Waals surface area contributed by atoms with Crippen LogP contribution in [0, 0.1) is 5.82 Å². The third kappa shape index (κ3) is 6.23. The zero-order valence-electron chi connectivity index (χ0n) is 16.8. The number of aliphatic imine (C=N–C) groups is 1. The predicted molar refractivity (Wildman–Crippen MR) is 126 cm³/mol. The number of nitrogens with zero attached hydrogens (tertiary/aromatic N) is 3. The van der Waals surface area contributed by atoms with Crippen molar-refractivity contribution in [2.45, 2.75) is 6.54 Å². The Morgan fingerprint density at radius 2 is 1.97 bits per heavy atom. The summed E-state index contributed by atoms with van der Waals surface area (Å²) in [4.78, 5) is 22.7. The summed E-state index contributed by atoms with van der Waals surface area (Å²) >= 11 is 3.26. The number of aromatic nitrogens is 1. The van der Waals surface area contributed by atoms with Crippen molar-refractivity contribution in [2.75, 3.05) is 17.7 Å². The number of amides is 2. The number of nitrogens with one attached hydrogen (secondary N) is 2. The maximum atomic E-state index is 13.9. The number of hydrogen-bond acceptors (Lipinski definition) is 3. The fraction of sp³-hybridized carbons (Fsp3) is 0.0870. The van der Waals surface area contributed by atoms with Crippen LogP contribution in [0.5, 0.6) is 0 Å². The molecule has 3 aromatic rings. The fourth-order valence-electron chi connectivity index (χ4n) is 2.96. The Kier molecular flexibility index (Phi) is 7.50.